The minimum Gasteiger partial charge on any atom is -0.360 e. The van der Waals surface area contributed by atoms with Crippen molar-refractivity contribution in [2.75, 3.05) is 5.32 Å². The minimum atomic E-state index is -0.220. The number of hydrogen-bond donors (Lipinski definition) is 1. The lowest BCUT2D eigenvalue weighted by Crippen LogP contribution is -2.22. The van der Waals surface area contributed by atoms with Gasteiger partial charge in [0.15, 0.2) is 5.82 Å². The second-order valence-electron chi connectivity index (χ2n) is 4.20. The summed E-state index contributed by atoms with van der Waals surface area (Å²) in [6.07, 6.45) is 0. The largest absolute Gasteiger partial charge is 0.360 e. The Morgan fingerprint density at radius 1 is 1.37 bits per heavy atom. The summed E-state index contributed by atoms with van der Waals surface area (Å²) >= 11 is 1.47. The van der Waals surface area contributed by atoms with Gasteiger partial charge in [-0.3, -0.25) is 4.79 Å². The van der Waals surface area contributed by atoms with Crippen LogP contribution in [0.4, 0.5) is 5.82 Å². The van der Waals surface area contributed by atoms with E-state index in [1.165, 1.54) is 11.8 Å². The molecule has 1 atom stereocenters. The molecule has 0 aliphatic carbocycles. The van der Waals surface area contributed by atoms with Gasteiger partial charge in [0.2, 0.25) is 5.91 Å². The molecule has 2 heterocycles. The van der Waals surface area contributed by atoms with Crippen molar-refractivity contribution in [1.82, 2.24) is 10.3 Å². The minimum absolute atomic E-state index is 0.116. The van der Waals surface area contributed by atoms with Crippen LogP contribution < -0.4 is 5.32 Å². The van der Waals surface area contributed by atoms with Crippen LogP contribution in [0.15, 0.2) is 21.2 Å². The summed E-state index contributed by atoms with van der Waals surface area (Å²) in [4.78, 5) is 11.9. The van der Waals surface area contributed by atoms with Gasteiger partial charge in [-0.05, 0) is 20.8 Å². The fourth-order valence-electron chi connectivity index (χ4n) is 1.42. The maximum Gasteiger partial charge on any atom is 0.238 e. The zero-order valence-corrected chi connectivity index (χ0v) is 11.8. The average molecular weight is 281 g/mol. The van der Waals surface area contributed by atoms with Crippen molar-refractivity contribution in [2.45, 2.75) is 31.8 Å². The van der Waals surface area contributed by atoms with E-state index in [9.17, 15) is 4.79 Å². The number of aryl methyl sites for hydroxylation is 2. The van der Waals surface area contributed by atoms with Crippen LogP contribution in [0.3, 0.4) is 0 Å². The molecule has 2 rings (SSSR count). The Balaban J connectivity index is 1.82. The molecule has 7 heteroatoms. The first-order valence-electron chi connectivity index (χ1n) is 5.82. The number of anilines is 1. The lowest BCUT2D eigenvalue weighted by Gasteiger charge is -2.08. The van der Waals surface area contributed by atoms with Crippen molar-refractivity contribution in [3.8, 4) is 0 Å². The second-order valence-corrected chi connectivity index (χ2v) is 5.53. The fraction of sp³-hybridized carbons (Fsp3) is 0.417. The molecule has 2 aromatic heterocycles. The third-order valence-corrected chi connectivity index (χ3v) is 3.57. The van der Waals surface area contributed by atoms with Gasteiger partial charge in [0.05, 0.1) is 16.7 Å². The normalized spacial score (nSPS) is 12.4. The summed E-state index contributed by atoms with van der Waals surface area (Å²) in [7, 11) is 0. The average Bonchev–Trinajstić information content (AvgIpc) is 2.95. The van der Waals surface area contributed by atoms with Gasteiger partial charge in [-0.1, -0.05) is 10.3 Å². The Morgan fingerprint density at radius 3 is 2.74 bits per heavy atom. The Hall–Kier alpha value is -1.76. The van der Waals surface area contributed by atoms with Crippen molar-refractivity contribution < 1.29 is 13.8 Å². The number of amides is 1. The predicted octanol–water partition coefficient (Wildman–Crippen LogP) is 2.54. The molecule has 1 N–H and O–H groups in total. The molecule has 6 nitrogen and oxygen atoms in total. The summed E-state index contributed by atoms with van der Waals surface area (Å²) in [5, 5.41) is 9.99. The molecule has 1 amide bonds. The van der Waals surface area contributed by atoms with Crippen molar-refractivity contribution in [2.24, 2.45) is 0 Å². The molecule has 0 aliphatic heterocycles. The summed E-state index contributed by atoms with van der Waals surface area (Å²) in [6.45, 7) is 5.46. The molecule has 102 valence electrons. The molecule has 0 spiro atoms. The van der Waals surface area contributed by atoms with E-state index in [4.69, 9.17) is 9.05 Å². The molecule has 0 saturated carbocycles. The summed E-state index contributed by atoms with van der Waals surface area (Å²) in [5.41, 5.74) is 0.839. The van der Waals surface area contributed by atoms with Crippen LogP contribution >= 0.6 is 11.8 Å². The highest BCUT2D eigenvalue weighted by Gasteiger charge is 2.16. The fourth-order valence-corrected chi connectivity index (χ4v) is 2.18. The van der Waals surface area contributed by atoms with Crippen LogP contribution in [-0.2, 0) is 10.5 Å². The van der Waals surface area contributed by atoms with Crippen LogP contribution in [0, 0.1) is 13.8 Å². The highest BCUT2D eigenvalue weighted by Crippen LogP contribution is 2.19. The Morgan fingerprint density at radius 2 is 2.16 bits per heavy atom. The Bertz CT molecular complexity index is 564. The predicted molar refractivity (Wildman–Crippen MR) is 71.9 cm³/mol. The van der Waals surface area contributed by atoms with Crippen LogP contribution in [0.25, 0.3) is 0 Å². The highest BCUT2D eigenvalue weighted by molar-refractivity contribution is 7.99. The molecule has 0 saturated heterocycles. The van der Waals surface area contributed by atoms with Gasteiger partial charge >= 0.3 is 0 Å². The number of thioether (sulfide) groups is 1. The molecule has 0 aliphatic rings. The molecule has 2 aromatic rings. The van der Waals surface area contributed by atoms with Crippen LogP contribution in [0.1, 0.15) is 24.1 Å². The molecule has 0 aromatic carbocycles. The van der Waals surface area contributed by atoms with Crippen molar-refractivity contribution >= 4 is 23.5 Å². The third kappa shape index (κ3) is 3.85. The van der Waals surface area contributed by atoms with Crippen molar-refractivity contribution in [3.05, 3.63) is 29.3 Å². The van der Waals surface area contributed by atoms with E-state index < -0.39 is 0 Å². The topological polar surface area (TPSA) is 81.2 Å². The maximum atomic E-state index is 11.9. The number of rotatable bonds is 5. The number of aromatic nitrogens is 2. The van der Waals surface area contributed by atoms with E-state index in [2.05, 4.69) is 15.6 Å². The quantitative estimate of drug-likeness (QED) is 0.907. The lowest BCUT2D eigenvalue weighted by atomic mass is 10.4. The van der Waals surface area contributed by atoms with E-state index in [0.717, 1.165) is 11.5 Å². The molecule has 19 heavy (non-hydrogen) atoms. The van der Waals surface area contributed by atoms with Gasteiger partial charge < -0.3 is 14.4 Å². The van der Waals surface area contributed by atoms with E-state index >= 15 is 0 Å². The number of carbonyl (C=O) groups excluding carboxylic acids is 1. The smallest absolute Gasteiger partial charge is 0.238 e. The highest BCUT2D eigenvalue weighted by atomic mass is 32.2. The third-order valence-electron chi connectivity index (χ3n) is 2.40. The maximum absolute atomic E-state index is 11.9. The first-order chi connectivity index (χ1) is 9.04. The molecule has 0 fully saturated rings. The molecule has 0 radical (unpaired) electrons. The molecule has 0 unspecified atom stereocenters. The summed E-state index contributed by atoms with van der Waals surface area (Å²) in [5.74, 6) is 2.35. The van der Waals surface area contributed by atoms with Crippen molar-refractivity contribution in [1.29, 1.82) is 0 Å². The van der Waals surface area contributed by atoms with E-state index in [-0.39, 0.29) is 11.2 Å². The SMILES string of the molecule is Cc1cc(CS[C@H](C)C(=O)Nc2cc(C)on2)on1. The zero-order valence-electron chi connectivity index (χ0n) is 11.0. The second kappa shape index (κ2) is 5.92. The van der Waals surface area contributed by atoms with Crippen LogP contribution in [0.5, 0.6) is 0 Å². The van der Waals surface area contributed by atoms with Gasteiger partial charge in [-0.2, -0.15) is 0 Å². The molecular weight excluding hydrogens is 266 g/mol. The van der Waals surface area contributed by atoms with E-state index in [1.54, 1.807) is 13.0 Å². The Kier molecular flexibility index (Phi) is 4.26. The number of carbonyl (C=O) groups is 1. The monoisotopic (exact) mass is 281 g/mol. The van der Waals surface area contributed by atoms with Crippen LogP contribution in [-0.4, -0.2) is 21.5 Å². The van der Waals surface area contributed by atoms with E-state index in [0.29, 0.717) is 17.3 Å². The van der Waals surface area contributed by atoms with Gasteiger partial charge in [0, 0.05) is 12.1 Å². The van der Waals surface area contributed by atoms with Gasteiger partial charge in [0.25, 0.3) is 0 Å². The molecule has 0 bridgehead atoms. The molecular formula is C12H15N3O3S. The first-order valence-corrected chi connectivity index (χ1v) is 6.87. The van der Waals surface area contributed by atoms with Gasteiger partial charge in [-0.15, -0.1) is 11.8 Å². The zero-order chi connectivity index (χ0) is 13.8. The van der Waals surface area contributed by atoms with Crippen molar-refractivity contribution in [3.63, 3.8) is 0 Å². The number of nitrogens with zero attached hydrogens (tertiary/aromatic N) is 2. The van der Waals surface area contributed by atoms with E-state index in [1.807, 2.05) is 19.9 Å². The first kappa shape index (κ1) is 13.7. The standard InChI is InChI=1S/C12H15N3O3S/c1-7-4-10(18-14-7)6-19-9(3)12(16)13-11-5-8(2)17-15-11/h4-5,9H,6H2,1-3H3,(H,13,15,16)/t9-/m1/s1. The summed E-state index contributed by atoms with van der Waals surface area (Å²) in [6, 6.07) is 3.54. The summed E-state index contributed by atoms with van der Waals surface area (Å²) < 4.78 is 9.97. The number of nitrogens with one attached hydrogen (secondary N) is 1. The number of hydrogen-bond acceptors (Lipinski definition) is 6. The van der Waals surface area contributed by atoms with Gasteiger partial charge in [-0.25, -0.2) is 0 Å². The Labute approximate surface area is 114 Å². The lowest BCUT2D eigenvalue weighted by molar-refractivity contribution is -0.115. The van der Waals surface area contributed by atoms with Crippen LogP contribution in [0.2, 0.25) is 0 Å². The van der Waals surface area contributed by atoms with Gasteiger partial charge in [0.1, 0.15) is 11.5 Å².